The maximum Gasteiger partial charge on any atom is 0.311 e. The Morgan fingerprint density at radius 1 is 1.29 bits per heavy atom. The molecule has 3 nitrogen and oxygen atoms in total. The normalized spacial score (nSPS) is 12.3. The zero-order chi connectivity index (χ0) is 12.5. The first-order valence-electron chi connectivity index (χ1n) is 6.11. The number of rotatable bonds is 8. The molecule has 1 aromatic carbocycles. The molecule has 0 heterocycles. The highest BCUT2D eigenvalue weighted by Crippen LogP contribution is 2.19. The first-order valence-corrected chi connectivity index (χ1v) is 6.11. The molecule has 0 aliphatic rings. The van der Waals surface area contributed by atoms with Gasteiger partial charge in [-0.15, -0.1) is 0 Å². The van der Waals surface area contributed by atoms with Gasteiger partial charge in [0.05, 0.1) is 5.92 Å². The summed E-state index contributed by atoms with van der Waals surface area (Å²) in [6.07, 6.45) is 2.66. The molecule has 1 rings (SSSR count). The van der Waals surface area contributed by atoms with Crippen molar-refractivity contribution in [3.05, 3.63) is 35.9 Å². The number of carbonyl (C=O) groups is 1. The van der Waals surface area contributed by atoms with Gasteiger partial charge in [-0.2, -0.15) is 0 Å². The van der Waals surface area contributed by atoms with Gasteiger partial charge in [-0.25, -0.2) is 0 Å². The average Bonchev–Trinajstić information content (AvgIpc) is 2.34. The number of hydrogen-bond donors (Lipinski definition) is 1. The van der Waals surface area contributed by atoms with Crippen LogP contribution in [0.1, 0.15) is 37.7 Å². The number of aliphatic carboxylic acids is 1. The third-order valence-corrected chi connectivity index (χ3v) is 2.69. The molecule has 0 bridgehead atoms. The monoisotopic (exact) mass is 236 g/mol. The SMILES string of the molecule is CCCCOCCC(C(=O)O)c1ccccc1. The number of unbranched alkanes of at least 4 members (excludes halogenated alkanes) is 1. The molecule has 94 valence electrons. The van der Waals surface area contributed by atoms with Gasteiger partial charge in [-0.1, -0.05) is 43.7 Å². The zero-order valence-electron chi connectivity index (χ0n) is 10.3. The highest BCUT2D eigenvalue weighted by atomic mass is 16.5. The maximum atomic E-state index is 11.2. The maximum absolute atomic E-state index is 11.2. The molecule has 0 aliphatic carbocycles. The molecule has 0 fully saturated rings. The van der Waals surface area contributed by atoms with E-state index < -0.39 is 11.9 Å². The van der Waals surface area contributed by atoms with E-state index >= 15 is 0 Å². The van der Waals surface area contributed by atoms with Crippen molar-refractivity contribution >= 4 is 5.97 Å². The fraction of sp³-hybridized carbons (Fsp3) is 0.500. The predicted octanol–water partition coefficient (Wildman–Crippen LogP) is 3.06. The van der Waals surface area contributed by atoms with Crippen molar-refractivity contribution in [2.24, 2.45) is 0 Å². The molecule has 17 heavy (non-hydrogen) atoms. The van der Waals surface area contributed by atoms with Gasteiger partial charge in [0.1, 0.15) is 0 Å². The van der Waals surface area contributed by atoms with Gasteiger partial charge < -0.3 is 9.84 Å². The molecule has 1 atom stereocenters. The second kappa shape index (κ2) is 7.85. The van der Waals surface area contributed by atoms with Gasteiger partial charge in [0.25, 0.3) is 0 Å². The molecule has 0 amide bonds. The smallest absolute Gasteiger partial charge is 0.311 e. The summed E-state index contributed by atoms with van der Waals surface area (Å²) in [6, 6.07) is 9.32. The lowest BCUT2D eigenvalue weighted by Gasteiger charge is -2.12. The first-order chi connectivity index (χ1) is 8.25. The lowest BCUT2D eigenvalue weighted by Crippen LogP contribution is -2.14. The van der Waals surface area contributed by atoms with Crippen LogP contribution in [0.5, 0.6) is 0 Å². The van der Waals surface area contributed by atoms with Gasteiger partial charge in [-0.3, -0.25) is 4.79 Å². The molecule has 1 unspecified atom stereocenters. The van der Waals surface area contributed by atoms with Gasteiger partial charge in [0, 0.05) is 13.2 Å². The molecular formula is C14H20O3. The van der Waals surface area contributed by atoms with Crippen LogP contribution in [-0.4, -0.2) is 24.3 Å². The summed E-state index contributed by atoms with van der Waals surface area (Å²) in [5.41, 5.74) is 0.846. The largest absolute Gasteiger partial charge is 0.481 e. The third kappa shape index (κ3) is 5.00. The third-order valence-electron chi connectivity index (χ3n) is 2.69. The zero-order valence-corrected chi connectivity index (χ0v) is 10.3. The summed E-state index contributed by atoms with van der Waals surface area (Å²) < 4.78 is 5.41. The average molecular weight is 236 g/mol. The Kier molecular flexibility index (Phi) is 6.33. The Labute approximate surface area is 102 Å². The number of ether oxygens (including phenoxy) is 1. The van der Waals surface area contributed by atoms with Crippen LogP contribution in [0.25, 0.3) is 0 Å². The Morgan fingerprint density at radius 2 is 2.00 bits per heavy atom. The first kappa shape index (κ1) is 13.7. The van der Waals surface area contributed by atoms with Gasteiger partial charge in [0.15, 0.2) is 0 Å². The van der Waals surface area contributed by atoms with E-state index in [1.54, 1.807) is 0 Å². The standard InChI is InChI=1S/C14H20O3/c1-2-3-10-17-11-9-13(14(15)16)12-7-5-4-6-8-12/h4-8,13H,2-3,9-11H2,1H3,(H,15,16). The number of carboxylic acid groups (broad SMARTS) is 1. The van der Waals surface area contributed by atoms with Crippen molar-refractivity contribution in [2.75, 3.05) is 13.2 Å². The molecule has 1 aromatic rings. The summed E-state index contributed by atoms with van der Waals surface area (Å²) in [5.74, 6) is -1.24. The fourth-order valence-corrected chi connectivity index (χ4v) is 1.67. The summed E-state index contributed by atoms with van der Waals surface area (Å²) in [7, 11) is 0. The Balaban J connectivity index is 2.42. The molecule has 0 saturated heterocycles. The second-order valence-electron chi connectivity index (χ2n) is 4.06. The van der Waals surface area contributed by atoms with Crippen molar-refractivity contribution in [2.45, 2.75) is 32.1 Å². The van der Waals surface area contributed by atoms with Crippen molar-refractivity contribution in [1.82, 2.24) is 0 Å². The lowest BCUT2D eigenvalue weighted by molar-refractivity contribution is -0.139. The van der Waals surface area contributed by atoms with Crippen LogP contribution in [0.3, 0.4) is 0 Å². The summed E-state index contributed by atoms with van der Waals surface area (Å²) in [5, 5.41) is 9.17. The number of hydrogen-bond acceptors (Lipinski definition) is 2. The van der Waals surface area contributed by atoms with Crippen LogP contribution in [0.2, 0.25) is 0 Å². The van der Waals surface area contributed by atoms with E-state index in [9.17, 15) is 9.90 Å². The van der Waals surface area contributed by atoms with Crippen LogP contribution in [0, 0.1) is 0 Å². The van der Waals surface area contributed by atoms with Gasteiger partial charge in [-0.05, 0) is 18.4 Å². The van der Waals surface area contributed by atoms with Crippen molar-refractivity contribution < 1.29 is 14.6 Å². The lowest BCUT2D eigenvalue weighted by atomic mass is 9.96. The second-order valence-corrected chi connectivity index (χ2v) is 4.06. The summed E-state index contributed by atoms with van der Waals surface area (Å²) in [6.45, 7) is 3.33. The quantitative estimate of drug-likeness (QED) is 0.706. The highest BCUT2D eigenvalue weighted by molar-refractivity contribution is 5.75. The molecule has 0 aromatic heterocycles. The molecule has 0 radical (unpaired) electrons. The summed E-state index contributed by atoms with van der Waals surface area (Å²) >= 11 is 0. The van der Waals surface area contributed by atoms with E-state index in [2.05, 4.69) is 6.92 Å². The van der Waals surface area contributed by atoms with Gasteiger partial charge in [0.2, 0.25) is 0 Å². The highest BCUT2D eigenvalue weighted by Gasteiger charge is 2.18. The number of benzene rings is 1. The van der Waals surface area contributed by atoms with Crippen molar-refractivity contribution in [3.8, 4) is 0 Å². The Bertz CT molecular complexity index is 321. The Hall–Kier alpha value is -1.35. The molecule has 3 heteroatoms. The van der Waals surface area contributed by atoms with E-state index in [-0.39, 0.29) is 0 Å². The van der Waals surface area contributed by atoms with Crippen LogP contribution >= 0.6 is 0 Å². The predicted molar refractivity (Wildman–Crippen MR) is 67.2 cm³/mol. The van der Waals surface area contributed by atoms with E-state index in [4.69, 9.17) is 4.74 Å². The molecule has 0 saturated carbocycles. The number of carboxylic acids is 1. The molecular weight excluding hydrogens is 216 g/mol. The van der Waals surface area contributed by atoms with Crippen LogP contribution in [0.4, 0.5) is 0 Å². The van der Waals surface area contributed by atoms with Crippen molar-refractivity contribution in [1.29, 1.82) is 0 Å². The molecule has 0 spiro atoms. The van der Waals surface area contributed by atoms with Crippen LogP contribution in [-0.2, 0) is 9.53 Å². The fourth-order valence-electron chi connectivity index (χ4n) is 1.67. The molecule has 0 aliphatic heterocycles. The summed E-state index contributed by atoms with van der Waals surface area (Å²) in [4.78, 5) is 11.2. The minimum absolute atomic E-state index is 0.460. The minimum Gasteiger partial charge on any atom is -0.481 e. The van der Waals surface area contributed by atoms with Crippen LogP contribution < -0.4 is 0 Å². The van der Waals surface area contributed by atoms with Crippen LogP contribution in [0.15, 0.2) is 30.3 Å². The molecule has 1 N–H and O–H groups in total. The van der Waals surface area contributed by atoms with Gasteiger partial charge >= 0.3 is 5.97 Å². The van der Waals surface area contributed by atoms with E-state index in [1.807, 2.05) is 30.3 Å². The van der Waals surface area contributed by atoms with Crippen molar-refractivity contribution in [3.63, 3.8) is 0 Å². The van der Waals surface area contributed by atoms with E-state index in [0.717, 1.165) is 25.0 Å². The minimum atomic E-state index is -0.782. The topological polar surface area (TPSA) is 46.5 Å². The van der Waals surface area contributed by atoms with E-state index in [1.165, 1.54) is 0 Å². The van der Waals surface area contributed by atoms with E-state index in [0.29, 0.717) is 13.0 Å². The Morgan fingerprint density at radius 3 is 2.59 bits per heavy atom.